The molecule has 1 saturated heterocycles. The summed E-state index contributed by atoms with van der Waals surface area (Å²) >= 11 is 0. The molecule has 1 atom stereocenters. The predicted octanol–water partition coefficient (Wildman–Crippen LogP) is 3.85. The van der Waals surface area contributed by atoms with E-state index in [-0.39, 0.29) is 5.54 Å². The number of likely N-dealkylation sites (N-methyl/N-ethyl adjacent to an activating group) is 1. The van der Waals surface area contributed by atoms with Crippen molar-refractivity contribution in [1.82, 2.24) is 4.90 Å². The van der Waals surface area contributed by atoms with E-state index in [2.05, 4.69) is 45.7 Å². The third kappa shape index (κ3) is 2.84. The van der Waals surface area contributed by atoms with E-state index < -0.39 is 0 Å². The Hall–Kier alpha value is -0.300. The Morgan fingerprint density at radius 2 is 2.07 bits per heavy atom. The first kappa shape index (κ1) is 12.8. The highest BCUT2D eigenvalue weighted by molar-refractivity contribution is 5.25. The van der Waals surface area contributed by atoms with E-state index in [1.165, 1.54) is 32.2 Å². The molecule has 0 bridgehead atoms. The maximum absolute atomic E-state index is 2.50. The molecule has 0 aromatic rings. The zero-order chi connectivity index (χ0) is 11.5. The Balaban J connectivity index is 2.58. The van der Waals surface area contributed by atoms with Crippen LogP contribution < -0.4 is 0 Å². The summed E-state index contributed by atoms with van der Waals surface area (Å²) in [5.74, 6) is 0.742. The van der Waals surface area contributed by atoms with Crippen molar-refractivity contribution >= 4 is 0 Å². The zero-order valence-electron chi connectivity index (χ0n) is 11.1. The average Bonchev–Trinajstić information content (AvgIpc) is 2.34. The van der Waals surface area contributed by atoms with Crippen LogP contribution in [0.5, 0.6) is 0 Å². The van der Waals surface area contributed by atoms with E-state index in [0.29, 0.717) is 0 Å². The van der Waals surface area contributed by atoms with Crippen LogP contribution in [0.3, 0.4) is 0 Å². The molecule has 0 aliphatic carbocycles. The lowest BCUT2D eigenvalue weighted by molar-refractivity contribution is 0.242. The summed E-state index contributed by atoms with van der Waals surface area (Å²) in [4.78, 5) is 2.48. The SMILES string of the molecule is CCCCC/C=C1/[C@@H](C)CN(C)C1(C)C. The van der Waals surface area contributed by atoms with Gasteiger partial charge in [0.25, 0.3) is 0 Å². The third-order valence-corrected chi connectivity index (χ3v) is 3.91. The largest absolute Gasteiger partial charge is 0.297 e. The number of hydrogen-bond acceptors (Lipinski definition) is 1. The lowest BCUT2D eigenvalue weighted by atomic mass is 9.89. The van der Waals surface area contributed by atoms with Crippen molar-refractivity contribution in [3.8, 4) is 0 Å². The molecule has 1 heteroatoms. The Kier molecular flexibility index (Phi) is 4.39. The van der Waals surface area contributed by atoms with Gasteiger partial charge in [-0.15, -0.1) is 0 Å². The fourth-order valence-corrected chi connectivity index (χ4v) is 2.66. The second-order valence-corrected chi connectivity index (χ2v) is 5.50. The molecule has 0 amide bonds. The minimum atomic E-state index is 0.283. The van der Waals surface area contributed by atoms with Gasteiger partial charge in [0.2, 0.25) is 0 Å². The zero-order valence-corrected chi connectivity index (χ0v) is 11.1. The average molecular weight is 209 g/mol. The highest BCUT2D eigenvalue weighted by Crippen LogP contribution is 2.36. The van der Waals surface area contributed by atoms with Crippen LogP contribution in [0.4, 0.5) is 0 Å². The van der Waals surface area contributed by atoms with Gasteiger partial charge in [-0.1, -0.05) is 38.3 Å². The van der Waals surface area contributed by atoms with Gasteiger partial charge in [0.15, 0.2) is 0 Å². The molecule has 1 aliphatic heterocycles. The first-order valence-electron chi connectivity index (χ1n) is 6.42. The summed E-state index contributed by atoms with van der Waals surface area (Å²) < 4.78 is 0. The van der Waals surface area contributed by atoms with Crippen molar-refractivity contribution in [1.29, 1.82) is 0 Å². The van der Waals surface area contributed by atoms with E-state index in [9.17, 15) is 0 Å². The maximum atomic E-state index is 2.50. The van der Waals surface area contributed by atoms with Gasteiger partial charge < -0.3 is 0 Å². The standard InChI is InChI=1S/C14H27N/c1-6-7-8-9-10-13-12(2)11-15(5)14(13,3)4/h10,12H,6-9,11H2,1-5H3/b13-10-/t12-/m0/s1. The number of allylic oxidation sites excluding steroid dienone is 1. The molecule has 0 aromatic carbocycles. The van der Waals surface area contributed by atoms with Gasteiger partial charge in [-0.2, -0.15) is 0 Å². The summed E-state index contributed by atoms with van der Waals surface area (Å²) in [6.07, 6.45) is 7.82. The number of hydrogen-bond donors (Lipinski definition) is 0. The normalized spacial score (nSPS) is 28.9. The van der Waals surface area contributed by atoms with Gasteiger partial charge in [0, 0.05) is 12.1 Å². The minimum absolute atomic E-state index is 0.283. The van der Waals surface area contributed by atoms with E-state index in [1.807, 2.05) is 0 Å². The lowest BCUT2D eigenvalue weighted by Crippen LogP contribution is -2.35. The van der Waals surface area contributed by atoms with Crippen molar-refractivity contribution in [3.63, 3.8) is 0 Å². The van der Waals surface area contributed by atoms with Crippen molar-refractivity contribution < 1.29 is 0 Å². The highest BCUT2D eigenvalue weighted by Gasteiger charge is 2.38. The molecule has 1 rings (SSSR count). The Bertz CT molecular complexity index is 227. The fourth-order valence-electron chi connectivity index (χ4n) is 2.66. The lowest BCUT2D eigenvalue weighted by Gasteiger charge is -2.29. The second kappa shape index (κ2) is 5.16. The van der Waals surface area contributed by atoms with Crippen LogP contribution in [-0.4, -0.2) is 24.0 Å². The minimum Gasteiger partial charge on any atom is -0.297 e. The number of unbranched alkanes of at least 4 members (excludes halogenated alkanes) is 3. The monoisotopic (exact) mass is 209 g/mol. The van der Waals surface area contributed by atoms with Crippen molar-refractivity contribution in [2.75, 3.05) is 13.6 Å². The second-order valence-electron chi connectivity index (χ2n) is 5.50. The molecule has 88 valence electrons. The fraction of sp³-hybridized carbons (Fsp3) is 0.857. The van der Waals surface area contributed by atoms with E-state index in [1.54, 1.807) is 5.57 Å². The number of likely N-dealkylation sites (tertiary alicyclic amines) is 1. The Morgan fingerprint density at radius 3 is 2.53 bits per heavy atom. The first-order chi connectivity index (χ1) is 7.00. The van der Waals surface area contributed by atoms with Crippen LogP contribution in [0.2, 0.25) is 0 Å². The van der Waals surface area contributed by atoms with Gasteiger partial charge in [-0.05, 0) is 39.7 Å². The number of nitrogens with zero attached hydrogens (tertiary/aromatic N) is 1. The topological polar surface area (TPSA) is 3.24 Å². The van der Waals surface area contributed by atoms with Crippen LogP contribution in [0.15, 0.2) is 11.6 Å². The van der Waals surface area contributed by atoms with Crippen LogP contribution in [0, 0.1) is 5.92 Å². The van der Waals surface area contributed by atoms with E-state index >= 15 is 0 Å². The smallest absolute Gasteiger partial charge is 0.0364 e. The maximum Gasteiger partial charge on any atom is 0.0364 e. The summed E-state index contributed by atoms with van der Waals surface area (Å²) in [6.45, 7) is 10.5. The Labute approximate surface area is 95.5 Å². The molecule has 1 nitrogen and oxygen atoms in total. The Morgan fingerprint density at radius 1 is 1.40 bits per heavy atom. The van der Waals surface area contributed by atoms with Gasteiger partial charge in [-0.3, -0.25) is 4.90 Å². The molecule has 0 aromatic heterocycles. The van der Waals surface area contributed by atoms with Gasteiger partial charge in [-0.25, -0.2) is 0 Å². The molecule has 1 heterocycles. The van der Waals surface area contributed by atoms with Crippen molar-refractivity contribution in [2.45, 2.75) is 58.9 Å². The van der Waals surface area contributed by atoms with Crippen LogP contribution in [-0.2, 0) is 0 Å². The molecular formula is C14H27N. The van der Waals surface area contributed by atoms with Crippen LogP contribution in [0.1, 0.15) is 53.4 Å². The highest BCUT2D eigenvalue weighted by atomic mass is 15.2. The molecule has 0 spiro atoms. The number of rotatable bonds is 4. The molecule has 15 heavy (non-hydrogen) atoms. The molecule has 0 N–H and O–H groups in total. The summed E-state index contributed by atoms with van der Waals surface area (Å²) in [7, 11) is 2.24. The van der Waals surface area contributed by atoms with Crippen LogP contribution in [0.25, 0.3) is 0 Å². The molecule has 1 aliphatic rings. The molecular weight excluding hydrogens is 182 g/mol. The summed E-state index contributed by atoms with van der Waals surface area (Å²) in [5.41, 5.74) is 1.94. The predicted molar refractivity (Wildman–Crippen MR) is 68.1 cm³/mol. The van der Waals surface area contributed by atoms with E-state index in [0.717, 1.165) is 5.92 Å². The molecule has 0 unspecified atom stereocenters. The van der Waals surface area contributed by atoms with E-state index in [4.69, 9.17) is 0 Å². The first-order valence-corrected chi connectivity index (χ1v) is 6.42. The summed E-state index contributed by atoms with van der Waals surface area (Å²) in [5, 5.41) is 0. The molecule has 0 radical (unpaired) electrons. The van der Waals surface area contributed by atoms with Gasteiger partial charge in [0.05, 0.1) is 0 Å². The van der Waals surface area contributed by atoms with Crippen LogP contribution >= 0.6 is 0 Å². The summed E-state index contributed by atoms with van der Waals surface area (Å²) in [6, 6.07) is 0. The molecule has 0 saturated carbocycles. The van der Waals surface area contributed by atoms with Gasteiger partial charge in [0.1, 0.15) is 0 Å². The quantitative estimate of drug-likeness (QED) is 0.502. The van der Waals surface area contributed by atoms with Crippen molar-refractivity contribution in [2.24, 2.45) is 5.92 Å². The molecule has 1 fully saturated rings. The third-order valence-electron chi connectivity index (χ3n) is 3.91. The van der Waals surface area contributed by atoms with Gasteiger partial charge >= 0.3 is 0 Å². The van der Waals surface area contributed by atoms with Crippen molar-refractivity contribution in [3.05, 3.63) is 11.6 Å².